The molecule has 10 heteroatoms. The number of ether oxygens (including phenoxy) is 1. The smallest absolute Gasteiger partial charge is 0.433 e. The van der Waals surface area contributed by atoms with E-state index in [0.29, 0.717) is 24.9 Å². The summed E-state index contributed by atoms with van der Waals surface area (Å²) in [6.07, 6.45) is -5.24. The summed E-state index contributed by atoms with van der Waals surface area (Å²) < 4.78 is 52.0. The molecule has 0 aromatic carbocycles. The first-order chi connectivity index (χ1) is 14.8. The maximum Gasteiger partial charge on any atom is 0.433 e. The van der Waals surface area contributed by atoms with Crippen molar-refractivity contribution in [3.8, 4) is 0 Å². The van der Waals surface area contributed by atoms with Crippen LogP contribution in [0.5, 0.6) is 0 Å². The molecule has 1 saturated heterocycles. The van der Waals surface area contributed by atoms with Crippen LogP contribution in [0.1, 0.15) is 77.4 Å². The molecule has 2 rings (SSSR count). The average molecular weight is 491 g/mol. The Balaban J connectivity index is 2.51. The third-order valence-electron chi connectivity index (χ3n) is 6.22. The summed E-state index contributed by atoms with van der Waals surface area (Å²) in [5.41, 5.74) is -1.36. The Bertz CT molecular complexity index is 848. The lowest BCUT2D eigenvalue weighted by Crippen LogP contribution is -2.47. The van der Waals surface area contributed by atoms with Gasteiger partial charge in [0.2, 0.25) is 0 Å². The summed E-state index contributed by atoms with van der Waals surface area (Å²) in [6.45, 7) is 15.5. The molecule has 6 nitrogen and oxygen atoms in total. The topological polar surface area (TPSA) is 71.9 Å². The zero-order valence-electron chi connectivity index (χ0n) is 20.8. The van der Waals surface area contributed by atoms with Gasteiger partial charge in [0.1, 0.15) is 11.3 Å². The SMILES string of the molecule is CC(C)(C)OC(=O)N1CCC[C@H](O)[C@@H]1c1ccc(C(F)(F)F)nc1CO[Si](C)(C)C(C)(C)C. The highest BCUT2D eigenvalue weighted by molar-refractivity contribution is 6.74. The number of aliphatic hydroxyl groups excluding tert-OH is 1. The van der Waals surface area contributed by atoms with Crippen molar-refractivity contribution in [2.75, 3.05) is 6.54 Å². The minimum absolute atomic E-state index is 0.0779. The molecule has 1 fully saturated rings. The maximum absolute atomic E-state index is 13.4. The zero-order chi connectivity index (χ0) is 25.4. The Morgan fingerprint density at radius 1 is 1.18 bits per heavy atom. The lowest BCUT2D eigenvalue weighted by molar-refractivity contribution is -0.141. The van der Waals surface area contributed by atoms with E-state index < -0.39 is 44.0 Å². The third kappa shape index (κ3) is 6.92. The van der Waals surface area contributed by atoms with Crippen LogP contribution in [0.2, 0.25) is 18.1 Å². The van der Waals surface area contributed by atoms with E-state index >= 15 is 0 Å². The van der Waals surface area contributed by atoms with Gasteiger partial charge in [-0.2, -0.15) is 13.2 Å². The second-order valence-corrected chi connectivity index (χ2v) is 15.9. The van der Waals surface area contributed by atoms with Gasteiger partial charge in [-0.15, -0.1) is 0 Å². The first kappa shape index (κ1) is 27.6. The molecule has 0 unspecified atom stereocenters. The number of carbonyl (C=O) groups excluding carboxylic acids is 1. The van der Waals surface area contributed by atoms with Crippen LogP contribution in [0.15, 0.2) is 12.1 Å². The van der Waals surface area contributed by atoms with Gasteiger partial charge in [0, 0.05) is 12.1 Å². The van der Waals surface area contributed by atoms with Crippen molar-refractivity contribution in [1.82, 2.24) is 9.88 Å². The molecule has 33 heavy (non-hydrogen) atoms. The molecule has 1 aromatic heterocycles. The Hall–Kier alpha value is -1.65. The fourth-order valence-electron chi connectivity index (χ4n) is 3.40. The van der Waals surface area contributed by atoms with Gasteiger partial charge >= 0.3 is 12.3 Å². The third-order valence-corrected chi connectivity index (χ3v) is 10.7. The number of piperidine rings is 1. The van der Waals surface area contributed by atoms with E-state index in [1.165, 1.54) is 11.0 Å². The van der Waals surface area contributed by atoms with Crippen LogP contribution in [0.3, 0.4) is 0 Å². The summed E-state index contributed by atoms with van der Waals surface area (Å²) in [5.74, 6) is 0. The van der Waals surface area contributed by atoms with Gasteiger partial charge in [0.05, 0.1) is 24.4 Å². The lowest BCUT2D eigenvalue weighted by atomic mass is 9.91. The highest BCUT2D eigenvalue weighted by Crippen LogP contribution is 2.39. The predicted octanol–water partition coefficient (Wildman–Crippen LogP) is 6.06. The van der Waals surface area contributed by atoms with Gasteiger partial charge in [0.15, 0.2) is 8.32 Å². The number of nitrogens with zero attached hydrogens (tertiary/aromatic N) is 2. The van der Waals surface area contributed by atoms with Crippen molar-refractivity contribution in [3.05, 3.63) is 29.1 Å². The van der Waals surface area contributed by atoms with E-state index in [0.717, 1.165) is 6.07 Å². The maximum atomic E-state index is 13.4. The normalized spacial score (nSPS) is 20.7. The second-order valence-electron chi connectivity index (χ2n) is 11.1. The minimum atomic E-state index is -4.62. The fraction of sp³-hybridized carbons (Fsp3) is 0.739. The number of hydrogen-bond donors (Lipinski definition) is 1. The molecule has 0 aliphatic carbocycles. The lowest BCUT2D eigenvalue weighted by Gasteiger charge is -2.41. The molecular formula is C23H37F3N2O4Si. The van der Waals surface area contributed by atoms with Crippen LogP contribution in [0, 0.1) is 0 Å². The van der Waals surface area contributed by atoms with Crippen molar-refractivity contribution >= 4 is 14.4 Å². The van der Waals surface area contributed by atoms with E-state index in [1.54, 1.807) is 20.8 Å². The Morgan fingerprint density at radius 2 is 1.79 bits per heavy atom. The Kier molecular flexibility index (Phi) is 7.97. The second kappa shape index (κ2) is 9.54. The fourth-order valence-corrected chi connectivity index (χ4v) is 4.33. The number of alkyl halides is 3. The number of carbonyl (C=O) groups is 1. The van der Waals surface area contributed by atoms with E-state index in [1.807, 2.05) is 33.9 Å². The van der Waals surface area contributed by atoms with Gasteiger partial charge in [0.25, 0.3) is 0 Å². The number of pyridine rings is 1. The molecule has 2 heterocycles. The number of aliphatic hydroxyl groups is 1. The predicted molar refractivity (Wildman–Crippen MR) is 122 cm³/mol. The molecule has 0 bridgehead atoms. The van der Waals surface area contributed by atoms with Crippen molar-refractivity contribution < 1.29 is 32.2 Å². The van der Waals surface area contributed by atoms with Crippen LogP contribution < -0.4 is 0 Å². The number of amides is 1. The van der Waals surface area contributed by atoms with E-state index in [4.69, 9.17) is 9.16 Å². The summed E-state index contributed by atoms with van der Waals surface area (Å²) >= 11 is 0. The van der Waals surface area contributed by atoms with Crippen molar-refractivity contribution in [2.24, 2.45) is 0 Å². The Labute approximate surface area is 195 Å². The Morgan fingerprint density at radius 3 is 2.30 bits per heavy atom. The van der Waals surface area contributed by atoms with Crippen molar-refractivity contribution in [2.45, 2.75) is 103 Å². The van der Waals surface area contributed by atoms with Crippen LogP contribution in [0.4, 0.5) is 18.0 Å². The average Bonchev–Trinajstić information content (AvgIpc) is 2.63. The summed E-state index contributed by atoms with van der Waals surface area (Å²) in [5, 5.41) is 10.7. The molecule has 1 amide bonds. The molecule has 188 valence electrons. The van der Waals surface area contributed by atoms with Gasteiger partial charge in [-0.1, -0.05) is 26.8 Å². The monoisotopic (exact) mass is 490 g/mol. The van der Waals surface area contributed by atoms with Gasteiger partial charge < -0.3 is 14.3 Å². The molecule has 2 atom stereocenters. The molecule has 1 aromatic rings. The molecule has 1 aliphatic heterocycles. The highest BCUT2D eigenvalue weighted by Gasteiger charge is 2.41. The standard InChI is InChI=1S/C23H37F3N2O4Si/c1-21(2,3)32-20(30)28-13-9-10-17(29)19(28)15-11-12-18(23(24,25)26)27-16(15)14-31-33(7,8)22(4,5)6/h11-12,17,19,29H,9-10,13-14H2,1-8H3/t17-,19-/m0/s1. The first-order valence-electron chi connectivity index (χ1n) is 11.2. The number of halogens is 3. The molecule has 0 radical (unpaired) electrons. The summed E-state index contributed by atoms with van der Waals surface area (Å²) in [7, 11) is -2.30. The number of aromatic nitrogens is 1. The molecule has 0 spiro atoms. The quantitative estimate of drug-likeness (QED) is 0.520. The first-order valence-corrected chi connectivity index (χ1v) is 14.1. The van der Waals surface area contributed by atoms with E-state index in [-0.39, 0.29) is 17.3 Å². The molecular weight excluding hydrogens is 453 g/mol. The van der Waals surface area contributed by atoms with Gasteiger partial charge in [-0.25, -0.2) is 9.78 Å². The van der Waals surface area contributed by atoms with Gasteiger partial charge in [-0.05, 0) is 57.8 Å². The largest absolute Gasteiger partial charge is 0.444 e. The van der Waals surface area contributed by atoms with Gasteiger partial charge in [-0.3, -0.25) is 4.90 Å². The molecule has 1 N–H and O–H groups in total. The molecule has 1 aliphatic rings. The van der Waals surface area contributed by atoms with Crippen LogP contribution in [-0.4, -0.2) is 47.7 Å². The number of hydrogen-bond acceptors (Lipinski definition) is 5. The van der Waals surface area contributed by atoms with Crippen LogP contribution in [0.25, 0.3) is 0 Å². The van der Waals surface area contributed by atoms with Crippen molar-refractivity contribution in [3.63, 3.8) is 0 Å². The number of likely N-dealkylation sites (tertiary alicyclic amines) is 1. The van der Waals surface area contributed by atoms with Crippen molar-refractivity contribution in [1.29, 1.82) is 0 Å². The summed E-state index contributed by atoms with van der Waals surface area (Å²) in [4.78, 5) is 18.2. The number of rotatable bonds is 4. The zero-order valence-corrected chi connectivity index (χ0v) is 21.8. The molecule has 0 saturated carbocycles. The van der Waals surface area contributed by atoms with E-state index in [9.17, 15) is 23.1 Å². The highest BCUT2D eigenvalue weighted by atomic mass is 28.4. The summed E-state index contributed by atoms with van der Waals surface area (Å²) in [6, 6.07) is 1.32. The minimum Gasteiger partial charge on any atom is -0.444 e. The van der Waals surface area contributed by atoms with Crippen LogP contribution in [-0.2, 0) is 21.9 Å². The van der Waals surface area contributed by atoms with E-state index in [2.05, 4.69) is 4.98 Å². The van der Waals surface area contributed by atoms with Crippen LogP contribution >= 0.6 is 0 Å².